The van der Waals surface area contributed by atoms with Gasteiger partial charge in [0.15, 0.2) is 0 Å². The molecule has 0 saturated heterocycles. The number of benzene rings is 1. The summed E-state index contributed by atoms with van der Waals surface area (Å²) in [6.45, 7) is 1.84. The normalized spacial score (nSPS) is 22.5. The first-order valence-electron chi connectivity index (χ1n) is 7.38. The standard InChI is InChI=1S/C16H17N3O4S2/c1-10-12(14(20)22-3)24-16(18(10)2)19(11-8-6-5-7-9-11)17-13(25-16)15(21)23-4/h5-9H,1-4H3. The van der Waals surface area contributed by atoms with Gasteiger partial charge in [-0.05, 0) is 30.8 Å². The van der Waals surface area contributed by atoms with E-state index >= 15 is 0 Å². The summed E-state index contributed by atoms with van der Waals surface area (Å²) < 4.78 is 8.88. The fraction of sp³-hybridized carbons (Fsp3) is 0.312. The second-order valence-electron chi connectivity index (χ2n) is 5.26. The number of nitrogens with zero attached hydrogens (tertiary/aromatic N) is 3. The van der Waals surface area contributed by atoms with Crippen LogP contribution < -0.4 is 5.01 Å². The second-order valence-corrected chi connectivity index (χ2v) is 7.86. The van der Waals surface area contributed by atoms with E-state index in [1.807, 2.05) is 49.2 Å². The number of rotatable bonds is 3. The van der Waals surface area contributed by atoms with Crippen LogP contribution in [0.3, 0.4) is 0 Å². The van der Waals surface area contributed by atoms with Gasteiger partial charge < -0.3 is 14.4 Å². The molecular formula is C16H17N3O4S2. The Kier molecular flexibility index (Phi) is 4.70. The summed E-state index contributed by atoms with van der Waals surface area (Å²) in [5.41, 5.74) is 1.55. The molecule has 0 aromatic heterocycles. The molecule has 0 fully saturated rings. The zero-order valence-electron chi connectivity index (χ0n) is 14.2. The zero-order chi connectivity index (χ0) is 18.2. The number of thioether (sulfide) groups is 2. The van der Waals surface area contributed by atoms with Gasteiger partial charge in [-0.1, -0.05) is 30.0 Å². The molecule has 2 aliphatic rings. The molecule has 25 heavy (non-hydrogen) atoms. The maximum absolute atomic E-state index is 12.1. The SMILES string of the molecule is COC(=O)C1=NN(c2ccccc2)C2(S1)SC(C(=O)OC)=C(C)N2C. The first kappa shape index (κ1) is 17.7. The zero-order valence-corrected chi connectivity index (χ0v) is 15.8. The number of methoxy groups -OCH3 is 2. The lowest BCUT2D eigenvalue weighted by atomic mass is 10.3. The van der Waals surface area contributed by atoms with E-state index in [4.69, 9.17) is 9.47 Å². The Morgan fingerprint density at radius 1 is 1.08 bits per heavy atom. The number of carbonyl (C=O) groups is 2. The van der Waals surface area contributed by atoms with Gasteiger partial charge in [0.05, 0.1) is 19.9 Å². The average Bonchev–Trinajstić information content (AvgIpc) is 3.15. The molecule has 0 radical (unpaired) electrons. The monoisotopic (exact) mass is 379 g/mol. The number of hydrogen-bond acceptors (Lipinski definition) is 9. The van der Waals surface area contributed by atoms with Crippen LogP contribution in [-0.2, 0) is 19.1 Å². The Morgan fingerprint density at radius 3 is 2.32 bits per heavy atom. The summed E-state index contributed by atoms with van der Waals surface area (Å²) in [6, 6.07) is 9.47. The van der Waals surface area contributed by atoms with E-state index in [1.54, 1.807) is 5.01 Å². The predicted octanol–water partition coefficient (Wildman–Crippen LogP) is 2.42. The average molecular weight is 379 g/mol. The topological polar surface area (TPSA) is 71.4 Å². The van der Waals surface area contributed by atoms with Crippen molar-refractivity contribution in [3.05, 3.63) is 40.9 Å². The molecule has 0 bridgehead atoms. The van der Waals surface area contributed by atoms with Gasteiger partial charge in [-0.25, -0.2) is 14.6 Å². The number of hydrazone groups is 1. The van der Waals surface area contributed by atoms with Crippen LogP contribution in [0.5, 0.6) is 0 Å². The van der Waals surface area contributed by atoms with Crippen LogP contribution in [0.4, 0.5) is 5.69 Å². The minimum Gasteiger partial charge on any atom is -0.465 e. The molecule has 1 aromatic rings. The van der Waals surface area contributed by atoms with Gasteiger partial charge in [-0.2, -0.15) is 5.10 Å². The third-order valence-corrected chi connectivity index (χ3v) is 6.94. The molecule has 7 nitrogen and oxygen atoms in total. The van der Waals surface area contributed by atoms with Crippen molar-refractivity contribution >= 4 is 46.2 Å². The molecule has 0 amide bonds. The van der Waals surface area contributed by atoms with Gasteiger partial charge in [0.2, 0.25) is 9.37 Å². The molecule has 0 aliphatic carbocycles. The molecule has 3 rings (SSSR count). The van der Waals surface area contributed by atoms with Crippen LogP contribution in [-0.4, -0.2) is 47.5 Å². The van der Waals surface area contributed by atoms with Gasteiger partial charge in [-0.15, -0.1) is 0 Å². The molecule has 1 unspecified atom stereocenters. The maximum Gasteiger partial charge on any atom is 0.365 e. The Morgan fingerprint density at radius 2 is 1.72 bits per heavy atom. The minimum atomic E-state index is -0.835. The van der Waals surface area contributed by atoms with E-state index in [0.717, 1.165) is 11.4 Å². The van der Waals surface area contributed by atoms with Crippen LogP contribution in [0.2, 0.25) is 0 Å². The highest BCUT2D eigenvalue weighted by atomic mass is 32.2. The highest BCUT2D eigenvalue weighted by Gasteiger charge is 2.56. The van der Waals surface area contributed by atoms with Crippen molar-refractivity contribution in [1.82, 2.24) is 4.90 Å². The minimum absolute atomic E-state index is 0.226. The van der Waals surface area contributed by atoms with Crippen molar-refractivity contribution < 1.29 is 19.1 Å². The fourth-order valence-corrected chi connectivity index (χ4v) is 5.42. The van der Waals surface area contributed by atoms with Crippen molar-refractivity contribution in [3.8, 4) is 0 Å². The van der Waals surface area contributed by atoms with Gasteiger partial charge in [0.1, 0.15) is 4.91 Å². The van der Waals surface area contributed by atoms with Crippen LogP contribution in [0.1, 0.15) is 6.92 Å². The largest absolute Gasteiger partial charge is 0.465 e. The predicted molar refractivity (Wildman–Crippen MR) is 98.8 cm³/mol. The molecule has 0 N–H and O–H groups in total. The van der Waals surface area contributed by atoms with Gasteiger partial charge in [-0.3, -0.25) is 0 Å². The van der Waals surface area contributed by atoms with E-state index < -0.39 is 16.3 Å². The molecule has 1 atom stereocenters. The Labute approximate surface area is 154 Å². The number of allylic oxidation sites excluding steroid dienone is 1. The lowest BCUT2D eigenvalue weighted by molar-refractivity contribution is -0.135. The number of carbonyl (C=O) groups excluding carboxylic acids is 2. The summed E-state index contributed by atoms with van der Waals surface area (Å²) in [5, 5.41) is 6.42. The summed E-state index contributed by atoms with van der Waals surface area (Å²) >= 11 is 2.54. The number of esters is 2. The lowest BCUT2D eigenvalue weighted by Crippen LogP contribution is -2.47. The van der Waals surface area contributed by atoms with E-state index in [2.05, 4.69) is 5.10 Å². The Bertz CT molecular complexity index is 781. The molecule has 2 aliphatic heterocycles. The summed E-state index contributed by atoms with van der Waals surface area (Å²) in [4.78, 5) is 26.6. The van der Waals surface area contributed by atoms with Crippen molar-refractivity contribution in [2.24, 2.45) is 5.10 Å². The van der Waals surface area contributed by atoms with E-state index in [1.165, 1.54) is 37.7 Å². The Balaban J connectivity index is 2.06. The highest BCUT2D eigenvalue weighted by Crippen LogP contribution is 2.58. The van der Waals surface area contributed by atoms with Crippen LogP contribution >= 0.6 is 23.5 Å². The van der Waals surface area contributed by atoms with Gasteiger partial charge in [0.25, 0.3) is 0 Å². The van der Waals surface area contributed by atoms with Crippen LogP contribution in [0, 0.1) is 0 Å². The highest BCUT2D eigenvalue weighted by molar-refractivity contribution is 8.28. The lowest BCUT2D eigenvalue weighted by Gasteiger charge is -2.39. The number of ether oxygens (including phenoxy) is 2. The molecule has 0 saturated carbocycles. The van der Waals surface area contributed by atoms with Crippen LogP contribution in [0.15, 0.2) is 46.0 Å². The van der Waals surface area contributed by atoms with Crippen molar-refractivity contribution in [2.75, 3.05) is 26.3 Å². The van der Waals surface area contributed by atoms with E-state index in [-0.39, 0.29) is 5.04 Å². The quantitative estimate of drug-likeness (QED) is 0.742. The molecule has 1 spiro atoms. The first-order chi connectivity index (χ1) is 11.9. The summed E-state index contributed by atoms with van der Waals surface area (Å²) in [5.74, 6) is -0.924. The van der Waals surface area contributed by atoms with Gasteiger partial charge in [0, 0.05) is 12.7 Å². The van der Waals surface area contributed by atoms with E-state index in [9.17, 15) is 9.59 Å². The smallest absolute Gasteiger partial charge is 0.365 e. The number of hydrogen-bond donors (Lipinski definition) is 0. The number of para-hydroxylation sites is 1. The molecular weight excluding hydrogens is 362 g/mol. The van der Waals surface area contributed by atoms with Crippen molar-refractivity contribution in [2.45, 2.75) is 11.3 Å². The van der Waals surface area contributed by atoms with Crippen LogP contribution in [0.25, 0.3) is 0 Å². The molecule has 2 heterocycles. The van der Waals surface area contributed by atoms with E-state index in [0.29, 0.717) is 4.91 Å². The fourth-order valence-electron chi connectivity index (χ4n) is 2.50. The third-order valence-electron chi connectivity index (χ3n) is 3.91. The maximum atomic E-state index is 12.1. The summed E-state index contributed by atoms with van der Waals surface area (Å²) in [7, 11) is 4.52. The van der Waals surface area contributed by atoms with Crippen molar-refractivity contribution in [1.29, 1.82) is 0 Å². The molecule has 1 aromatic carbocycles. The summed E-state index contributed by atoms with van der Waals surface area (Å²) in [6.07, 6.45) is 0. The molecule has 9 heteroatoms. The second kappa shape index (κ2) is 6.64. The Hall–Kier alpha value is -2.13. The third kappa shape index (κ3) is 2.77. The molecule has 132 valence electrons. The van der Waals surface area contributed by atoms with Crippen molar-refractivity contribution in [3.63, 3.8) is 0 Å². The van der Waals surface area contributed by atoms with Gasteiger partial charge >= 0.3 is 11.9 Å². The first-order valence-corrected chi connectivity index (χ1v) is 9.01. The number of anilines is 1.